The lowest BCUT2D eigenvalue weighted by Crippen LogP contribution is -2.45. The average molecular weight is 342 g/mol. The van der Waals surface area contributed by atoms with Gasteiger partial charge < -0.3 is 19.7 Å². The van der Waals surface area contributed by atoms with Gasteiger partial charge >= 0.3 is 6.03 Å². The Kier molecular flexibility index (Phi) is 5.79. The fourth-order valence-corrected chi connectivity index (χ4v) is 2.73. The first kappa shape index (κ1) is 17.2. The molecule has 1 aliphatic heterocycles. The fraction of sp³-hybridized carbons (Fsp3) is 0.389. The monoisotopic (exact) mass is 342 g/mol. The summed E-state index contributed by atoms with van der Waals surface area (Å²) in [7, 11) is 1.56. The highest BCUT2D eigenvalue weighted by Gasteiger charge is 2.24. The quantitative estimate of drug-likeness (QED) is 0.904. The van der Waals surface area contributed by atoms with Crippen LogP contribution >= 0.6 is 0 Å². The molecule has 0 spiro atoms. The van der Waals surface area contributed by atoms with Crippen molar-refractivity contribution in [3.8, 4) is 5.88 Å². The Labute approximate surface area is 147 Å². The summed E-state index contributed by atoms with van der Waals surface area (Å²) in [5, 5.41) is 2.86. The van der Waals surface area contributed by atoms with Gasteiger partial charge in [-0.15, -0.1) is 0 Å². The van der Waals surface area contributed by atoms with Gasteiger partial charge in [0.25, 0.3) is 0 Å². The molecule has 2 aromatic heterocycles. The number of pyridine rings is 2. The van der Waals surface area contributed by atoms with Gasteiger partial charge in [-0.2, -0.15) is 0 Å². The smallest absolute Gasteiger partial charge is 0.321 e. The number of nitrogens with zero attached hydrogens (tertiary/aromatic N) is 3. The molecule has 7 nitrogen and oxygen atoms in total. The zero-order chi connectivity index (χ0) is 17.5. The van der Waals surface area contributed by atoms with Crippen LogP contribution in [0, 0.1) is 0 Å². The van der Waals surface area contributed by atoms with Gasteiger partial charge in [0, 0.05) is 31.5 Å². The van der Waals surface area contributed by atoms with Gasteiger partial charge in [0.05, 0.1) is 31.7 Å². The van der Waals surface area contributed by atoms with Crippen LogP contribution in [0.2, 0.25) is 0 Å². The predicted octanol–water partition coefficient (Wildman–Crippen LogP) is 2.70. The third-order valence-corrected chi connectivity index (χ3v) is 4.07. The van der Waals surface area contributed by atoms with Crippen LogP contribution < -0.4 is 10.1 Å². The summed E-state index contributed by atoms with van der Waals surface area (Å²) in [5.41, 5.74) is 1.68. The van der Waals surface area contributed by atoms with E-state index in [1.807, 2.05) is 12.1 Å². The second-order valence-electron chi connectivity index (χ2n) is 5.90. The summed E-state index contributed by atoms with van der Waals surface area (Å²) >= 11 is 0. The lowest BCUT2D eigenvalue weighted by molar-refractivity contribution is 0.000916. The summed E-state index contributed by atoms with van der Waals surface area (Å²) in [4.78, 5) is 22.4. The molecule has 0 unspecified atom stereocenters. The molecule has 1 aliphatic rings. The Morgan fingerprint density at radius 3 is 3.00 bits per heavy atom. The van der Waals surface area contributed by atoms with E-state index < -0.39 is 0 Å². The summed E-state index contributed by atoms with van der Waals surface area (Å²) in [5.74, 6) is 0.514. The van der Waals surface area contributed by atoms with Crippen molar-refractivity contribution in [2.24, 2.45) is 0 Å². The predicted molar refractivity (Wildman–Crippen MR) is 93.4 cm³/mol. The highest BCUT2D eigenvalue weighted by Crippen LogP contribution is 2.17. The third kappa shape index (κ3) is 4.90. The molecule has 0 aromatic carbocycles. The van der Waals surface area contributed by atoms with Crippen molar-refractivity contribution in [2.75, 3.05) is 25.5 Å². The maximum Gasteiger partial charge on any atom is 0.321 e. The van der Waals surface area contributed by atoms with Gasteiger partial charge in [-0.25, -0.2) is 9.78 Å². The van der Waals surface area contributed by atoms with Crippen molar-refractivity contribution in [1.29, 1.82) is 0 Å². The first-order valence-corrected chi connectivity index (χ1v) is 8.31. The van der Waals surface area contributed by atoms with Crippen LogP contribution in [0.4, 0.5) is 10.5 Å². The van der Waals surface area contributed by atoms with Crippen LogP contribution in [0.25, 0.3) is 0 Å². The number of aromatic nitrogens is 2. The highest BCUT2D eigenvalue weighted by atomic mass is 16.5. The van der Waals surface area contributed by atoms with Gasteiger partial charge in [-0.05, 0) is 30.5 Å². The average Bonchev–Trinajstić information content (AvgIpc) is 2.68. The van der Waals surface area contributed by atoms with E-state index in [9.17, 15) is 4.79 Å². The number of nitrogens with one attached hydrogen (secondary N) is 1. The van der Waals surface area contributed by atoms with Crippen molar-refractivity contribution >= 4 is 11.7 Å². The molecular weight excluding hydrogens is 320 g/mol. The summed E-state index contributed by atoms with van der Waals surface area (Å²) in [6.45, 7) is 1.81. The minimum atomic E-state index is -0.137. The summed E-state index contributed by atoms with van der Waals surface area (Å²) < 4.78 is 11.0. The fourth-order valence-electron chi connectivity index (χ4n) is 2.73. The number of anilines is 1. The molecule has 0 saturated carbocycles. The summed E-state index contributed by atoms with van der Waals surface area (Å²) in [6, 6.07) is 7.22. The van der Waals surface area contributed by atoms with Crippen LogP contribution in [0.15, 0.2) is 42.9 Å². The highest BCUT2D eigenvalue weighted by molar-refractivity contribution is 5.89. The van der Waals surface area contributed by atoms with Crippen LogP contribution in [0.5, 0.6) is 5.88 Å². The van der Waals surface area contributed by atoms with Gasteiger partial charge in [0.15, 0.2) is 0 Å². The summed E-state index contributed by atoms with van der Waals surface area (Å²) in [6.07, 6.45) is 7.03. The molecule has 0 bridgehead atoms. The van der Waals surface area contributed by atoms with Gasteiger partial charge in [0.1, 0.15) is 0 Å². The standard InChI is InChI=1S/C18H22N4O3/c1-24-17-7-6-15(11-20-17)21-18(23)22-9-3-5-16(12-22)25-13-14-4-2-8-19-10-14/h2,4,6-8,10-11,16H,3,5,9,12-13H2,1H3,(H,21,23)/t16-/m1/s1. The number of carbonyl (C=O) groups excluding carboxylic acids is 1. The number of amides is 2. The normalized spacial score (nSPS) is 17.2. The van der Waals surface area contributed by atoms with E-state index in [1.165, 1.54) is 0 Å². The van der Waals surface area contributed by atoms with Crippen LogP contribution in [-0.2, 0) is 11.3 Å². The maximum absolute atomic E-state index is 12.4. The largest absolute Gasteiger partial charge is 0.481 e. The second-order valence-corrected chi connectivity index (χ2v) is 5.90. The van der Waals surface area contributed by atoms with Gasteiger partial charge in [-0.1, -0.05) is 6.07 Å². The molecule has 2 aromatic rings. The Balaban J connectivity index is 1.50. The lowest BCUT2D eigenvalue weighted by Gasteiger charge is -2.32. The number of hydrogen-bond donors (Lipinski definition) is 1. The Hall–Kier alpha value is -2.67. The van der Waals surface area contributed by atoms with E-state index in [1.54, 1.807) is 42.7 Å². The molecule has 1 atom stereocenters. The Morgan fingerprint density at radius 1 is 1.36 bits per heavy atom. The van der Waals surface area contributed by atoms with Gasteiger partial charge in [0.2, 0.25) is 5.88 Å². The number of methoxy groups -OCH3 is 1. The maximum atomic E-state index is 12.4. The molecule has 132 valence electrons. The van der Waals surface area contributed by atoms with E-state index in [2.05, 4.69) is 15.3 Å². The van der Waals surface area contributed by atoms with Crippen molar-refractivity contribution in [2.45, 2.75) is 25.6 Å². The van der Waals surface area contributed by atoms with Crippen molar-refractivity contribution in [3.05, 3.63) is 48.4 Å². The first-order valence-electron chi connectivity index (χ1n) is 8.31. The molecule has 7 heteroatoms. The number of carbonyl (C=O) groups is 1. The molecule has 2 amide bonds. The molecule has 3 heterocycles. The molecule has 3 rings (SSSR count). The van der Waals surface area contributed by atoms with Gasteiger partial charge in [-0.3, -0.25) is 4.98 Å². The molecule has 25 heavy (non-hydrogen) atoms. The molecule has 0 radical (unpaired) electrons. The van der Waals surface area contributed by atoms with Crippen LogP contribution in [-0.4, -0.2) is 47.2 Å². The number of likely N-dealkylation sites (tertiary alicyclic amines) is 1. The minimum Gasteiger partial charge on any atom is -0.481 e. The third-order valence-electron chi connectivity index (χ3n) is 4.07. The van der Waals surface area contributed by atoms with Crippen molar-refractivity contribution in [3.63, 3.8) is 0 Å². The zero-order valence-corrected chi connectivity index (χ0v) is 14.2. The number of hydrogen-bond acceptors (Lipinski definition) is 5. The molecule has 1 fully saturated rings. The van der Waals surface area contributed by atoms with E-state index in [0.29, 0.717) is 24.7 Å². The Morgan fingerprint density at radius 2 is 2.28 bits per heavy atom. The van der Waals surface area contributed by atoms with Crippen LogP contribution in [0.1, 0.15) is 18.4 Å². The molecular formula is C18H22N4O3. The lowest BCUT2D eigenvalue weighted by atomic mass is 10.1. The second kappa shape index (κ2) is 8.43. The molecule has 0 aliphatic carbocycles. The number of rotatable bonds is 5. The Bertz CT molecular complexity index is 678. The van der Waals surface area contributed by atoms with E-state index in [4.69, 9.17) is 9.47 Å². The van der Waals surface area contributed by atoms with Crippen molar-refractivity contribution < 1.29 is 14.3 Å². The molecule has 1 N–H and O–H groups in total. The topological polar surface area (TPSA) is 76.6 Å². The van der Waals surface area contributed by atoms with E-state index >= 15 is 0 Å². The van der Waals surface area contributed by atoms with E-state index in [0.717, 1.165) is 24.9 Å². The first-order chi connectivity index (χ1) is 12.2. The number of ether oxygens (including phenoxy) is 2. The number of urea groups is 1. The van der Waals surface area contributed by atoms with Crippen molar-refractivity contribution in [1.82, 2.24) is 14.9 Å². The number of piperidine rings is 1. The van der Waals surface area contributed by atoms with Crippen LogP contribution in [0.3, 0.4) is 0 Å². The SMILES string of the molecule is COc1ccc(NC(=O)N2CCC[C@@H](OCc3cccnc3)C2)cn1. The minimum absolute atomic E-state index is 0.0358. The van der Waals surface area contributed by atoms with E-state index in [-0.39, 0.29) is 12.1 Å². The molecule has 1 saturated heterocycles. The zero-order valence-electron chi connectivity index (χ0n) is 14.2.